The number of piperazine rings is 1. The van der Waals surface area contributed by atoms with Crippen LogP contribution in [-0.2, 0) is 36.2 Å². The lowest BCUT2D eigenvalue weighted by molar-refractivity contribution is -0.136. The van der Waals surface area contributed by atoms with Crippen molar-refractivity contribution in [2.24, 2.45) is 0 Å². The predicted octanol–water partition coefficient (Wildman–Crippen LogP) is 6.50. The van der Waals surface area contributed by atoms with Crippen molar-refractivity contribution in [3.8, 4) is 5.75 Å². The van der Waals surface area contributed by atoms with E-state index in [4.69, 9.17) is 25.4 Å². The third-order valence-corrected chi connectivity index (χ3v) is 15.2. The summed E-state index contributed by atoms with van der Waals surface area (Å²) in [5.41, 5.74) is 5.19. The number of unbranched alkanes of at least 4 members (excludes halogenated alkanes) is 2. The van der Waals surface area contributed by atoms with Crippen LogP contribution in [0.15, 0.2) is 66.9 Å². The third-order valence-electron chi connectivity index (χ3n) is 13.0. The minimum Gasteiger partial charge on any atom is -0.494 e. The average molecular weight is 914 g/mol. The number of amides is 3. The van der Waals surface area contributed by atoms with E-state index in [2.05, 4.69) is 52.8 Å². The highest BCUT2D eigenvalue weighted by molar-refractivity contribution is 7.62. The molecule has 3 saturated heterocycles. The van der Waals surface area contributed by atoms with Crippen LogP contribution in [0.5, 0.6) is 5.75 Å². The molecule has 4 aromatic rings. The second-order valence-corrected chi connectivity index (χ2v) is 19.3. The highest BCUT2D eigenvalue weighted by atomic mass is 35.5. The number of aryl methyl sites for hydroxylation is 1. The molecule has 0 radical (unpaired) electrons. The normalized spacial score (nSPS) is 18.9. The molecule has 4 aliphatic rings. The van der Waals surface area contributed by atoms with Gasteiger partial charge in [0, 0.05) is 89.8 Å². The van der Waals surface area contributed by atoms with Gasteiger partial charge in [-0.3, -0.25) is 29.2 Å². The number of nitrogens with zero attached hydrogens (tertiary/aromatic N) is 6. The predicted molar refractivity (Wildman–Crippen MR) is 248 cm³/mol. The summed E-state index contributed by atoms with van der Waals surface area (Å²) in [5.74, 6) is 0.517. The van der Waals surface area contributed by atoms with Crippen molar-refractivity contribution in [2.75, 3.05) is 82.7 Å². The Labute approximate surface area is 379 Å². The molecule has 8 rings (SSSR count). The third kappa shape index (κ3) is 10.1. The molecule has 3 N–H and O–H groups in total. The number of nitrogens with one attached hydrogen (secondary N) is 3. The van der Waals surface area contributed by atoms with Gasteiger partial charge in [-0.2, -0.15) is 4.98 Å². The number of fused-ring (bicyclic) bond motifs is 1. The Bertz CT molecular complexity index is 2380. The molecule has 4 aliphatic heterocycles. The van der Waals surface area contributed by atoms with Gasteiger partial charge < -0.3 is 39.1 Å². The highest BCUT2D eigenvalue weighted by Crippen LogP contribution is 2.47. The molecular weight excluding hydrogens is 857 g/mol. The quantitative estimate of drug-likeness (QED) is 0.0596. The van der Waals surface area contributed by atoms with E-state index in [0.29, 0.717) is 58.8 Å². The molecule has 18 heteroatoms. The van der Waals surface area contributed by atoms with E-state index in [0.717, 1.165) is 95.6 Å². The first kappa shape index (κ1) is 45.5. The summed E-state index contributed by atoms with van der Waals surface area (Å²) in [7, 11) is 0.764. The summed E-state index contributed by atoms with van der Waals surface area (Å²) >= 11 is 6.50. The molecule has 16 nitrogen and oxygen atoms in total. The van der Waals surface area contributed by atoms with E-state index in [1.807, 2.05) is 24.3 Å². The molecule has 1 unspecified atom stereocenters. The maximum atomic E-state index is 13.2. The van der Waals surface area contributed by atoms with Crippen molar-refractivity contribution in [3.05, 3.63) is 88.6 Å². The lowest BCUT2D eigenvalue weighted by atomic mass is 9.98. The summed E-state index contributed by atoms with van der Waals surface area (Å²) in [6, 6.07) is 19.0. The van der Waals surface area contributed by atoms with E-state index in [-0.39, 0.29) is 29.2 Å². The molecule has 340 valence electrons. The Balaban J connectivity index is 0.769. The van der Waals surface area contributed by atoms with Gasteiger partial charge in [-0.05, 0) is 86.5 Å². The van der Waals surface area contributed by atoms with E-state index < -0.39 is 13.6 Å². The molecule has 0 saturated carbocycles. The molecular formula is C46H57ClN9O7P. The number of piperidine rings is 2. The van der Waals surface area contributed by atoms with Crippen molar-refractivity contribution in [1.82, 2.24) is 30.0 Å². The van der Waals surface area contributed by atoms with Crippen molar-refractivity contribution in [2.45, 2.75) is 70.0 Å². The molecule has 3 fully saturated rings. The first-order chi connectivity index (χ1) is 31.1. The summed E-state index contributed by atoms with van der Waals surface area (Å²) in [5, 5.41) is 9.45. The Morgan fingerprint density at radius 3 is 2.39 bits per heavy atom. The number of carbonyl (C=O) groups is 3. The van der Waals surface area contributed by atoms with Crippen LogP contribution in [-0.4, -0.2) is 122 Å². The highest BCUT2D eigenvalue weighted by Gasteiger charge is 2.40. The summed E-state index contributed by atoms with van der Waals surface area (Å²) in [4.78, 5) is 55.7. The number of halogens is 1. The standard InChI is InChI=1S/C46H57ClN9O7P/c1-61-40-28-33(15-16-37(40)50-46-48-29-36(47)43(52-46)49-38-13-6-7-14-41(38)64(60,62-2)63-3)54-22-19-32(20-23-54)55-26-24-53(25-27-55)21-8-4-5-10-31-11-9-12-34-35(31)30-56(45(34)59)39-17-18-42(57)51-44(39)58/h6-7,9,11-16,28-29,32,39H,4-5,8,10,17-27,30H2,1-3H3,(H,51,57,58)(H2,48,49,50,52). The number of hydrogen-bond donors (Lipinski definition) is 3. The minimum absolute atomic E-state index is 0.112. The minimum atomic E-state index is -3.56. The fourth-order valence-corrected chi connectivity index (χ4v) is 10.8. The van der Waals surface area contributed by atoms with E-state index in [9.17, 15) is 18.9 Å². The van der Waals surface area contributed by atoms with Gasteiger partial charge in [0.1, 0.15) is 16.8 Å². The van der Waals surface area contributed by atoms with Gasteiger partial charge in [0.05, 0.1) is 30.0 Å². The van der Waals surface area contributed by atoms with Crippen LogP contribution < -0.4 is 30.9 Å². The van der Waals surface area contributed by atoms with Crippen LogP contribution in [0.3, 0.4) is 0 Å². The van der Waals surface area contributed by atoms with Crippen LogP contribution in [0.2, 0.25) is 5.02 Å². The van der Waals surface area contributed by atoms with Crippen molar-refractivity contribution >= 4 is 71.1 Å². The maximum Gasteiger partial charge on any atom is 0.362 e. The Kier molecular flexibility index (Phi) is 14.5. The maximum absolute atomic E-state index is 13.2. The number of ether oxygens (including phenoxy) is 1. The van der Waals surface area contributed by atoms with Gasteiger partial charge in [-0.1, -0.05) is 42.3 Å². The average Bonchev–Trinajstić information content (AvgIpc) is 3.66. The van der Waals surface area contributed by atoms with Gasteiger partial charge in [0.2, 0.25) is 17.8 Å². The number of benzene rings is 3. The number of rotatable bonds is 17. The molecule has 0 bridgehead atoms. The molecule has 1 atom stereocenters. The first-order valence-corrected chi connectivity index (χ1v) is 24.0. The monoisotopic (exact) mass is 913 g/mol. The molecule has 1 aromatic heterocycles. The first-order valence-electron chi connectivity index (χ1n) is 22.1. The van der Waals surface area contributed by atoms with Crippen molar-refractivity contribution in [3.63, 3.8) is 0 Å². The van der Waals surface area contributed by atoms with Crippen molar-refractivity contribution in [1.29, 1.82) is 0 Å². The Morgan fingerprint density at radius 1 is 0.859 bits per heavy atom. The van der Waals surface area contributed by atoms with Crippen LogP contribution in [0.4, 0.5) is 28.8 Å². The number of anilines is 5. The van der Waals surface area contributed by atoms with E-state index in [1.54, 1.807) is 36.3 Å². The zero-order chi connectivity index (χ0) is 44.8. The molecule has 64 heavy (non-hydrogen) atoms. The van der Waals surface area contributed by atoms with Crippen LogP contribution in [0, 0.1) is 0 Å². The topological polar surface area (TPSA) is 171 Å². The fourth-order valence-electron chi connectivity index (χ4n) is 9.39. The largest absolute Gasteiger partial charge is 0.494 e. The summed E-state index contributed by atoms with van der Waals surface area (Å²) < 4.78 is 29.5. The number of imide groups is 1. The van der Waals surface area contributed by atoms with Crippen LogP contribution in [0.1, 0.15) is 66.4 Å². The SMILES string of the molecule is COc1cc(N2CCC(N3CCN(CCCCCc4cccc5c4CN(C4CCC(=O)NC4=O)C5=O)CC3)CC2)ccc1Nc1ncc(Cl)c(Nc2ccccc2P(=O)(OC)OC)n1. The Hall–Kier alpha value is -5.09. The molecule has 3 aromatic carbocycles. The van der Waals surface area contributed by atoms with Gasteiger partial charge >= 0.3 is 7.60 Å². The van der Waals surface area contributed by atoms with Gasteiger partial charge in [0.25, 0.3) is 5.91 Å². The lowest BCUT2D eigenvalue weighted by Gasteiger charge is -2.43. The summed E-state index contributed by atoms with van der Waals surface area (Å²) in [6.45, 7) is 7.80. The zero-order valence-electron chi connectivity index (χ0n) is 36.7. The van der Waals surface area contributed by atoms with Crippen LogP contribution in [0.25, 0.3) is 0 Å². The molecule has 3 amide bonds. The molecule has 0 spiro atoms. The second kappa shape index (κ2) is 20.4. The number of hydrogen-bond acceptors (Lipinski definition) is 14. The number of methoxy groups -OCH3 is 1. The number of para-hydroxylation sites is 1. The van der Waals surface area contributed by atoms with Gasteiger partial charge in [0.15, 0.2) is 5.82 Å². The lowest BCUT2D eigenvalue weighted by Crippen LogP contribution is -2.53. The fraction of sp³-hybridized carbons (Fsp3) is 0.457. The van der Waals surface area contributed by atoms with Crippen LogP contribution >= 0.6 is 19.2 Å². The Morgan fingerprint density at radius 2 is 1.64 bits per heavy atom. The van der Waals surface area contributed by atoms with Crippen molar-refractivity contribution < 1.29 is 32.7 Å². The zero-order valence-corrected chi connectivity index (χ0v) is 38.3. The van der Waals surface area contributed by atoms with Gasteiger partial charge in [-0.15, -0.1) is 0 Å². The van der Waals surface area contributed by atoms with E-state index in [1.165, 1.54) is 26.0 Å². The smallest absolute Gasteiger partial charge is 0.362 e. The number of carbonyl (C=O) groups excluding carboxylic acids is 3. The molecule has 5 heterocycles. The summed E-state index contributed by atoms with van der Waals surface area (Å²) in [6.07, 6.45) is 8.55. The molecule has 0 aliphatic carbocycles. The van der Waals surface area contributed by atoms with E-state index >= 15 is 0 Å². The van der Waals surface area contributed by atoms with Gasteiger partial charge in [-0.25, -0.2) is 4.98 Å². The second-order valence-electron chi connectivity index (χ2n) is 16.7. The number of aromatic nitrogens is 2.